The normalized spacial score (nSPS) is 18.9. The van der Waals surface area contributed by atoms with Gasteiger partial charge in [-0.1, -0.05) is 11.6 Å². The third-order valence-corrected chi connectivity index (χ3v) is 4.01. The van der Waals surface area contributed by atoms with Crippen LogP contribution in [-0.4, -0.2) is 40.6 Å². The van der Waals surface area contributed by atoms with E-state index in [-0.39, 0.29) is 12.5 Å². The predicted octanol–water partition coefficient (Wildman–Crippen LogP) is 2.82. The first-order valence-corrected chi connectivity index (χ1v) is 7.64. The summed E-state index contributed by atoms with van der Waals surface area (Å²) in [6.07, 6.45) is 1.30. The van der Waals surface area contributed by atoms with Gasteiger partial charge in [0.25, 0.3) is 5.91 Å². The number of hydrogen-bond donors (Lipinski definition) is 1. The van der Waals surface area contributed by atoms with Crippen LogP contribution >= 0.6 is 11.6 Å². The number of ether oxygens (including phenoxy) is 1. The quantitative estimate of drug-likeness (QED) is 0.924. The van der Waals surface area contributed by atoms with Crippen molar-refractivity contribution < 1.29 is 19.4 Å². The van der Waals surface area contributed by atoms with E-state index in [1.807, 2.05) is 0 Å². The average Bonchev–Trinajstić information content (AvgIpc) is 2.48. The molecular weight excluding hydrogens is 306 g/mol. The van der Waals surface area contributed by atoms with Crippen molar-refractivity contribution in [1.82, 2.24) is 4.90 Å². The van der Waals surface area contributed by atoms with Crippen molar-refractivity contribution in [2.75, 3.05) is 13.1 Å². The number of aliphatic carboxylic acids is 1. The second-order valence-corrected chi connectivity index (χ2v) is 6.43. The summed E-state index contributed by atoms with van der Waals surface area (Å²) < 4.78 is 5.77. The Morgan fingerprint density at radius 3 is 2.55 bits per heavy atom. The highest BCUT2D eigenvalue weighted by Crippen LogP contribution is 2.25. The van der Waals surface area contributed by atoms with Crippen LogP contribution in [0.5, 0.6) is 5.75 Å². The van der Waals surface area contributed by atoms with E-state index >= 15 is 0 Å². The molecule has 1 aromatic carbocycles. The SMILES string of the molecule is CC(C)(Oc1ccc(Cl)cc1)C(=O)N1CCCC(C(=O)O)C1. The number of rotatable bonds is 4. The molecule has 1 atom stereocenters. The molecule has 1 aromatic rings. The summed E-state index contributed by atoms with van der Waals surface area (Å²) in [4.78, 5) is 25.3. The summed E-state index contributed by atoms with van der Waals surface area (Å²) in [5, 5.41) is 9.71. The molecular formula is C16H20ClNO4. The third-order valence-electron chi connectivity index (χ3n) is 3.76. The molecule has 0 aromatic heterocycles. The maximum atomic E-state index is 12.6. The lowest BCUT2D eigenvalue weighted by Crippen LogP contribution is -2.52. The summed E-state index contributed by atoms with van der Waals surface area (Å²) in [6, 6.07) is 6.79. The molecule has 22 heavy (non-hydrogen) atoms. The van der Waals surface area contributed by atoms with Gasteiger partial charge < -0.3 is 14.7 Å². The minimum absolute atomic E-state index is 0.201. The first-order chi connectivity index (χ1) is 10.3. The number of carboxylic acid groups (broad SMARTS) is 1. The Morgan fingerprint density at radius 2 is 1.95 bits per heavy atom. The Labute approximate surface area is 134 Å². The number of halogens is 1. The number of carboxylic acids is 1. The zero-order valence-electron chi connectivity index (χ0n) is 12.7. The zero-order chi connectivity index (χ0) is 16.3. The molecule has 1 fully saturated rings. The number of piperidine rings is 1. The standard InChI is InChI=1S/C16H20ClNO4/c1-16(2,22-13-7-5-12(17)6-8-13)15(21)18-9-3-4-11(10-18)14(19)20/h5-8,11H,3-4,9-10H2,1-2H3,(H,19,20). The molecule has 0 aliphatic carbocycles. The molecule has 1 aliphatic rings. The molecule has 1 heterocycles. The fourth-order valence-corrected chi connectivity index (χ4v) is 2.71. The highest BCUT2D eigenvalue weighted by atomic mass is 35.5. The van der Waals surface area contributed by atoms with E-state index in [2.05, 4.69) is 0 Å². The average molecular weight is 326 g/mol. The maximum absolute atomic E-state index is 12.6. The van der Waals surface area contributed by atoms with Crippen molar-refractivity contribution >= 4 is 23.5 Å². The number of benzene rings is 1. The van der Waals surface area contributed by atoms with Crippen molar-refractivity contribution in [3.05, 3.63) is 29.3 Å². The van der Waals surface area contributed by atoms with Crippen molar-refractivity contribution in [3.63, 3.8) is 0 Å². The Kier molecular flexibility index (Phi) is 4.96. The van der Waals surface area contributed by atoms with Crippen molar-refractivity contribution in [3.8, 4) is 5.75 Å². The monoisotopic (exact) mass is 325 g/mol. The molecule has 1 amide bonds. The number of hydrogen-bond acceptors (Lipinski definition) is 3. The molecule has 1 N–H and O–H groups in total. The third kappa shape index (κ3) is 3.91. The summed E-state index contributed by atoms with van der Waals surface area (Å²) >= 11 is 5.83. The van der Waals surface area contributed by atoms with Gasteiger partial charge in [0, 0.05) is 18.1 Å². The lowest BCUT2D eigenvalue weighted by molar-refractivity contribution is -0.151. The second-order valence-electron chi connectivity index (χ2n) is 5.99. The predicted molar refractivity (Wildman–Crippen MR) is 83.1 cm³/mol. The summed E-state index contributed by atoms with van der Waals surface area (Å²) in [7, 11) is 0. The first-order valence-electron chi connectivity index (χ1n) is 7.26. The van der Waals surface area contributed by atoms with E-state index < -0.39 is 17.5 Å². The lowest BCUT2D eigenvalue weighted by atomic mass is 9.96. The number of amides is 1. The van der Waals surface area contributed by atoms with E-state index in [1.54, 1.807) is 43.0 Å². The van der Waals surface area contributed by atoms with Crippen LogP contribution in [0, 0.1) is 5.92 Å². The Bertz CT molecular complexity index is 556. The number of likely N-dealkylation sites (tertiary alicyclic amines) is 1. The molecule has 6 heteroatoms. The van der Waals surface area contributed by atoms with Crippen LogP contribution in [0.25, 0.3) is 0 Å². The molecule has 1 unspecified atom stereocenters. The van der Waals surface area contributed by atoms with E-state index in [4.69, 9.17) is 21.4 Å². The van der Waals surface area contributed by atoms with Gasteiger partial charge in [-0.05, 0) is 51.0 Å². The minimum atomic E-state index is -1.06. The van der Waals surface area contributed by atoms with Gasteiger partial charge in [-0.3, -0.25) is 9.59 Å². The van der Waals surface area contributed by atoms with Crippen LogP contribution in [0.15, 0.2) is 24.3 Å². The molecule has 5 nitrogen and oxygen atoms in total. The summed E-state index contributed by atoms with van der Waals surface area (Å²) in [5.74, 6) is -0.999. The largest absolute Gasteiger partial charge is 0.481 e. The maximum Gasteiger partial charge on any atom is 0.308 e. The van der Waals surface area contributed by atoms with Gasteiger partial charge in [-0.15, -0.1) is 0 Å². The Balaban J connectivity index is 2.06. The second kappa shape index (κ2) is 6.57. The molecule has 1 saturated heterocycles. The van der Waals surface area contributed by atoms with Gasteiger partial charge in [0.15, 0.2) is 5.60 Å². The van der Waals surface area contributed by atoms with Crippen LogP contribution in [0.1, 0.15) is 26.7 Å². The highest BCUT2D eigenvalue weighted by molar-refractivity contribution is 6.30. The van der Waals surface area contributed by atoms with Crippen LogP contribution in [-0.2, 0) is 9.59 Å². The summed E-state index contributed by atoms with van der Waals surface area (Å²) in [6.45, 7) is 4.18. The first kappa shape index (κ1) is 16.6. The minimum Gasteiger partial charge on any atom is -0.481 e. The Hall–Kier alpha value is -1.75. The molecule has 0 radical (unpaired) electrons. The van der Waals surface area contributed by atoms with Crippen molar-refractivity contribution in [2.24, 2.45) is 5.92 Å². The van der Waals surface area contributed by atoms with Gasteiger partial charge in [-0.2, -0.15) is 0 Å². The van der Waals surface area contributed by atoms with Gasteiger partial charge in [0.2, 0.25) is 0 Å². The number of carbonyl (C=O) groups excluding carboxylic acids is 1. The van der Waals surface area contributed by atoms with Crippen LogP contribution < -0.4 is 4.74 Å². The molecule has 0 saturated carbocycles. The van der Waals surface area contributed by atoms with Gasteiger partial charge >= 0.3 is 5.97 Å². The topological polar surface area (TPSA) is 66.8 Å². The Morgan fingerprint density at radius 1 is 1.32 bits per heavy atom. The van der Waals surface area contributed by atoms with Gasteiger partial charge in [-0.25, -0.2) is 0 Å². The molecule has 0 bridgehead atoms. The van der Waals surface area contributed by atoms with E-state index in [9.17, 15) is 9.59 Å². The van der Waals surface area contributed by atoms with E-state index in [1.165, 1.54) is 0 Å². The van der Waals surface area contributed by atoms with Crippen LogP contribution in [0.4, 0.5) is 0 Å². The van der Waals surface area contributed by atoms with Crippen LogP contribution in [0.2, 0.25) is 5.02 Å². The number of carbonyl (C=O) groups is 2. The van der Waals surface area contributed by atoms with E-state index in [0.29, 0.717) is 30.2 Å². The van der Waals surface area contributed by atoms with Gasteiger partial charge in [0.05, 0.1) is 5.92 Å². The molecule has 0 spiro atoms. The molecule has 120 valence electrons. The fourth-order valence-electron chi connectivity index (χ4n) is 2.58. The van der Waals surface area contributed by atoms with Crippen molar-refractivity contribution in [2.45, 2.75) is 32.3 Å². The molecule has 2 rings (SSSR count). The van der Waals surface area contributed by atoms with E-state index in [0.717, 1.165) is 0 Å². The summed E-state index contributed by atoms with van der Waals surface area (Å²) in [5.41, 5.74) is -1.06. The molecule has 1 aliphatic heterocycles. The van der Waals surface area contributed by atoms with Crippen LogP contribution in [0.3, 0.4) is 0 Å². The fraction of sp³-hybridized carbons (Fsp3) is 0.500. The van der Waals surface area contributed by atoms with Gasteiger partial charge in [0.1, 0.15) is 5.75 Å². The number of nitrogens with zero attached hydrogens (tertiary/aromatic N) is 1. The smallest absolute Gasteiger partial charge is 0.308 e. The van der Waals surface area contributed by atoms with Crippen molar-refractivity contribution in [1.29, 1.82) is 0 Å². The lowest BCUT2D eigenvalue weighted by Gasteiger charge is -2.36. The highest BCUT2D eigenvalue weighted by Gasteiger charge is 2.37. The zero-order valence-corrected chi connectivity index (χ0v) is 13.5.